The number of rotatable bonds is 8. The van der Waals surface area contributed by atoms with Crippen LogP contribution in [-0.2, 0) is 24.3 Å². The van der Waals surface area contributed by atoms with E-state index in [1.807, 2.05) is 7.05 Å². The van der Waals surface area contributed by atoms with Gasteiger partial charge in [0.05, 0.1) is 0 Å². The fraction of sp³-hybridized carbons (Fsp3) is 0.320. The Balaban J connectivity index is 1.49. The Morgan fingerprint density at radius 1 is 0.964 bits per heavy atom. The molecule has 0 bridgehead atoms. The van der Waals surface area contributed by atoms with Gasteiger partial charge in [-0.1, -0.05) is 66.7 Å². The van der Waals surface area contributed by atoms with Crippen LogP contribution in [0.25, 0.3) is 10.8 Å². The molecule has 0 unspecified atom stereocenters. The number of benzene rings is 3. The summed E-state index contributed by atoms with van der Waals surface area (Å²) in [4.78, 5) is 14.9. The van der Waals surface area contributed by atoms with E-state index in [1.54, 1.807) is 0 Å². The standard InChI is InChI=1S/C25H28N2O/c1-26-17-19-9-11-20(12-10-19)18-27(25(28)23-13-14-23)16-15-22-7-4-6-21-5-2-3-8-24(21)22/h2-12,23,26H,13-18H2,1H3. The van der Waals surface area contributed by atoms with Crippen molar-refractivity contribution in [3.05, 3.63) is 83.4 Å². The summed E-state index contributed by atoms with van der Waals surface area (Å²) >= 11 is 0. The maximum Gasteiger partial charge on any atom is 0.225 e. The first-order valence-electron chi connectivity index (χ1n) is 10.2. The Hall–Kier alpha value is -2.65. The molecule has 1 saturated carbocycles. The van der Waals surface area contributed by atoms with E-state index in [9.17, 15) is 4.79 Å². The molecule has 1 aliphatic rings. The molecule has 1 fully saturated rings. The fourth-order valence-electron chi connectivity index (χ4n) is 3.81. The van der Waals surface area contributed by atoms with E-state index in [-0.39, 0.29) is 5.92 Å². The number of nitrogens with one attached hydrogen (secondary N) is 1. The number of fused-ring (bicyclic) bond motifs is 1. The number of carbonyl (C=O) groups excluding carboxylic acids is 1. The normalized spacial score (nSPS) is 13.6. The molecule has 1 aliphatic carbocycles. The lowest BCUT2D eigenvalue weighted by molar-refractivity contribution is -0.133. The van der Waals surface area contributed by atoms with E-state index in [0.29, 0.717) is 12.5 Å². The summed E-state index contributed by atoms with van der Waals surface area (Å²) in [5, 5.41) is 5.73. The molecule has 3 aromatic rings. The molecule has 28 heavy (non-hydrogen) atoms. The van der Waals surface area contributed by atoms with E-state index in [0.717, 1.165) is 32.4 Å². The minimum atomic E-state index is 0.246. The highest BCUT2D eigenvalue weighted by molar-refractivity contribution is 5.86. The van der Waals surface area contributed by atoms with Crippen LogP contribution in [0, 0.1) is 5.92 Å². The maximum atomic E-state index is 12.9. The van der Waals surface area contributed by atoms with Crippen molar-refractivity contribution in [1.29, 1.82) is 0 Å². The second-order valence-electron chi connectivity index (χ2n) is 7.77. The molecule has 0 spiro atoms. The van der Waals surface area contributed by atoms with Crippen LogP contribution in [0.5, 0.6) is 0 Å². The van der Waals surface area contributed by atoms with Gasteiger partial charge in [0.15, 0.2) is 0 Å². The Kier molecular flexibility index (Phi) is 5.73. The second kappa shape index (κ2) is 8.57. The third-order valence-electron chi connectivity index (χ3n) is 5.55. The first kappa shape index (κ1) is 18.7. The average Bonchev–Trinajstić information content (AvgIpc) is 3.57. The summed E-state index contributed by atoms with van der Waals surface area (Å²) in [6, 6.07) is 23.6. The van der Waals surface area contributed by atoms with Crippen LogP contribution in [0.4, 0.5) is 0 Å². The van der Waals surface area contributed by atoms with Gasteiger partial charge in [0, 0.05) is 25.6 Å². The van der Waals surface area contributed by atoms with E-state index < -0.39 is 0 Å². The molecule has 0 saturated heterocycles. The van der Waals surface area contributed by atoms with Gasteiger partial charge in [-0.25, -0.2) is 0 Å². The molecule has 3 heteroatoms. The average molecular weight is 373 g/mol. The van der Waals surface area contributed by atoms with Crippen LogP contribution >= 0.6 is 0 Å². The van der Waals surface area contributed by atoms with Crippen LogP contribution in [0.3, 0.4) is 0 Å². The summed E-state index contributed by atoms with van der Waals surface area (Å²) in [5.74, 6) is 0.565. The molecule has 0 aromatic heterocycles. The molecule has 4 rings (SSSR count). The number of amides is 1. The minimum absolute atomic E-state index is 0.246. The Bertz CT molecular complexity index is 939. The van der Waals surface area contributed by atoms with Crippen molar-refractivity contribution in [2.75, 3.05) is 13.6 Å². The zero-order chi connectivity index (χ0) is 19.3. The molecule has 1 amide bonds. The molecule has 0 atom stereocenters. The lowest BCUT2D eigenvalue weighted by atomic mass is 10.0. The van der Waals surface area contributed by atoms with Crippen LogP contribution in [0.1, 0.15) is 29.5 Å². The fourth-order valence-corrected chi connectivity index (χ4v) is 3.81. The summed E-state index contributed by atoms with van der Waals surface area (Å²) in [5.41, 5.74) is 3.78. The van der Waals surface area contributed by atoms with Crippen LogP contribution in [0.15, 0.2) is 66.7 Å². The molecule has 0 radical (unpaired) electrons. The minimum Gasteiger partial charge on any atom is -0.338 e. The monoisotopic (exact) mass is 372 g/mol. The van der Waals surface area contributed by atoms with Gasteiger partial charge >= 0.3 is 0 Å². The topological polar surface area (TPSA) is 32.3 Å². The van der Waals surface area contributed by atoms with Gasteiger partial charge in [-0.2, -0.15) is 0 Å². The van der Waals surface area contributed by atoms with Crippen LogP contribution < -0.4 is 5.32 Å². The quantitative estimate of drug-likeness (QED) is 0.630. The van der Waals surface area contributed by atoms with Crippen molar-refractivity contribution in [2.24, 2.45) is 5.92 Å². The van der Waals surface area contributed by atoms with Gasteiger partial charge in [-0.15, -0.1) is 0 Å². The zero-order valence-corrected chi connectivity index (χ0v) is 16.5. The molecule has 144 valence electrons. The van der Waals surface area contributed by atoms with Crippen molar-refractivity contribution in [1.82, 2.24) is 10.2 Å². The van der Waals surface area contributed by atoms with Crippen molar-refractivity contribution in [3.8, 4) is 0 Å². The molecular weight excluding hydrogens is 344 g/mol. The number of carbonyl (C=O) groups is 1. The Morgan fingerprint density at radius 3 is 2.43 bits per heavy atom. The molecule has 3 nitrogen and oxygen atoms in total. The van der Waals surface area contributed by atoms with Gasteiger partial charge in [-0.05, 0) is 53.8 Å². The van der Waals surface area contributed by atoms with Gasteiger partial charge in [0.25, 0.3) is 0 Å². The zero-order valence-electron chi connectivity index (χ0n) is 16.5. The van der Waals surface area contributed by atoms with Gasteiger partial charge < -0.3 is 10.2 Å². The molecule has 0 heterocycles. The highest BCUT2D eigenvalue weighted by atomic mass is 16.2. The maximum absolute atomic E-state index is 12.9. The first-order valence-corrected chi connectivity index (χ1v) is 10.2. The number of nitrogens with zero attached hydrogens (tertiary/aromatic N) is 1. The lowest BCUT2D eigenvalue weighted by Crippen LogP contribution is -2.33. The Labute approximate surface area is 167 Å². The highest BCUT2D eigenvalue weighted by Crippen LogP contribution is 2.32. The summed E-state index contributed by atoms with van der Waals surface area (Å²) < 4.78 is 0. The van der Waals surface area contributed by atoms with Gasteiger partial charge in [0.2, 0.25) is 5.91 Å². The predicted octanol–water partition coefficient (Wildman–Crippen LogP) is 4.54. The third kappa shape index (κ3) is 4.42. The van der Waals surface area contributed by atoms with Crippen LogP contribution in [-0.4, -0.2) is 24.4 Å². The largest absolute Gasteiger partial charge is 0.338 e. The van der Waals surface area contributed by atoms with Gasteiger partial charge in [-0.3, -0.25) is 4.79 Å². The number of hydrogen-bond donors (Lipinski definition) is 1. The van der Waals surface area contributed by atoms with Gasteiger partial charge in [0.1, 0.15) is 0 Å². The smallest absolute Gasteiger partial charge is 0.225 e. The molecule has 0 aliphatic heterocycles. The second-order valence-corrected chi connectivity index (χ2v) is 7.77. The van der Waals surface area contributed by atoms with Crippen molar-refractivity contribution in [2.45, 2.75) is 32.4 Å². The van der Waals surface area contributed by atoms with Crippen molar-refractivity contribution in [3.63, 3.8) is 0 Å². The van der Waals surface area contributed by atoms with Crippen LogP contribution in [0.2, 0.25) is 0 Å². The van der Waals surface area contributed by atoms with Crippen molar-refractivity contribution < 1.29 is 4.79 Å². The number of hydrogen-bond acceptors (Lipinski definition) is 2. The predicted molar refractivity (Wildman–Crippen MR) is 115 cm³/mol. The highest BCUT2D eigenvalue weighted by Gasteiger charge is 2.33. The summed E-state index contributed by atoms with van der Waals surface area (Å²) in [6.45, 7) is 2.33. The molecule has 3 aromatic carbocycles. The van der Waals surface area contributed by atoms with E-state index in [2.05, 4.69) is 76.9 Å². The molecule has 1 N–H and O–H groups in total. The van der Waals surface area contributed by atoms with E-state index >= 15 is 0 Å². The third-order valence-corrected chi connectivity index (χ3v) is 5.55. The Morgan fingerprint density at radius 2 is 1.68 bits per heavy atom. The van der Waals surface area contributed by atoms with E-state index in [4.69, 9.17) is 0 Å². The van der Waals surface area contributed by atoms with Crippen molar-refractivity contribution >= 4 is 16.7 Å². The summed E-state index contributed by atoms with van der Waals surface area (Å²) in [7, 11) is 1.96. The molecular formula is C25H28N2O. The SMILES string of the molecule is CNCc1ccc(CN(CCc2cccc3ccccc23)C(=O)C2CC2)cc1. The lowest BCUT2D eigenvalue weighted by Gasteiger charge is -2.23. The first-order chi connectivity index (χ1) is 13.7. The summed E-state index contributed by atoms with van der Waals surface area (Å²) in [6.07, 6.45) is 2.98. The van der Waals surface area contributed by atoms with E-state index in [1.165, 1.54) is 27.5 Å².